The topological polar surface area (TPSA) is 21.3 Å². The molecular formula is C13H17ClFNO. The zero-order chi connectivity index (χ0) is 12.3. The molecule has 1 aromatic carbocycles. The SMILES string of the molecule is COc1ccc(Cl)cc1C1(F)CCCNCC1. The maximum atomic E-state index is 15.0. The molecule has 1 aromatic rings. The van der Waals surface area contributed by atoms with Gasteiger partial charge < -0.3 is 10.1 Å². The fourth-order valence-corrected chi connectivity index (χ4v) is 2.50. The minimum atomic E-state index is -1.33. The van der Waals surface area contributed by atoms with E-state index in [0.29, 0.717) is 35.7 Å². The zero-order valence-electron chi connectivity index (χ0n) is 9.93. The summed E-state index contributed by atoms with van der Waals surface area (Å²) in [6, 6.07) is 5.14. The van der Waals surface area contributed by atoms with Crippen LogP contribution in [0.25, 0.3) is 0 Å². The van der Waals surface area contributed by atoms with Gasteiger partial charge in [-0.2, -0.15) is 0 Å². The Labute approximate surface area is 106 Å². The highest BCUT2D eigenvalue weighted by molar-refractivity contribution is 6.30. The summed E-state index contributed by atoms with van der Waals surface area (Å²) in [5.74, 6) is 0.582. The second-order valence-corrected chi connectivity index (χ2v) is 4.85. The van der Waals surface area contributed by atoms with Crippen molar-refractivity contribution >= 4 is 11.6 Å². The van der Waals surface area contributed by atoms with Crippen LogP contribution in [0.3, 0.4) is 0 Å². The van der Waals surface area contributed by atoms with Crippen molar-refractivity contribution in [2.45, 2.75) is 24.9 Å². The van der Waals surface area contributed by atoms with Crippen molar-refractivity contribution in [2.24, 2.45) is 0 Å². The molecule has 4 heteroatoms. The van der Waals surface area contributed by atoms with Gasteiger partial charge in [-0.25, -0.2) is 4.39 Å². The van der Waals surface area contributed by atoms with Gasteiger partial charge in [0.15, 0.2) is 0 Å². The summed E-state index contributed by atoms with van der Waals surface area (Å²) in [5, 5.41) is 3.76. The minimum absolute atomic E-state index is 0.462. The van der Waals surface area contributed by atoms with E-state index in [-0.39, 0.29) is 0 Å². The molecule has 1 atom stereocenters. The molecule has 0 aromatic heterocycles. The summed E-state index contributed by atoms with van der Waals surface area (Å²) in [5.41, 5.74) is -0.754. The van der Waals surface area contributed by atoms with Crippen LogP contribution in [-0.4, -0.2) is 20.2 Å². The van der Waals surface area contributed by atoms with Crippen molar-refractivity contribution in [1.29, 1.82) is 0 Å². The highest BCUT2D eigenvalue weighted by Crippen LogP contribution is 2.41. The lowest BCUT2D eigenvalue weighted by Gasteiger charge is -2.25. The van der Waals surface area contributed by atoms with Gasteiger partial charge in [-0.3, -0.25) is 0 Å². The summed E-state index contributed by atoms with van der Waals surface area (Å²) in [6.45, 7) is 1.56. The number of rotatable bonds is 2. The Balaban J connectivity index is 2.38. The van der Waals surface area contributed by atoms with E-state index >= 15 is 4.39 Å². The molecule has 0 amide bonds. The Hall–Kier alpha value is -0.800. The fourth-order valence-electron chi connectivity index (χ4n) is 2.33. The van der Waals surface area contributed by atoms with Crippen molar-refractivity contribution in [3.05, 3.63) is 28.8 Å². The van der Waals surface area contributed by atoms with Gasteiger partial charge in [0.1, 0.15) is 11.4 Å². The van der Waals surface area contributed by atoms with Crippen LogP contribution in [0.15, 0.2) is 18.2 Å². The smallest absolute Gasteiger partial charge is 0.140 e. The van der Waals surface area contributed by atoms with Crippen molar-refractivity contribution in [3.63, 3.8) is 0 Å². The third-order valence-electron chi connectivity index (χ3n) is 3.27. The van der Waals surface area contributed by atoms with Crippen LogP contribution in [0, 0.1) is 0 Å². The van der Waals surface area contributed by atoms with Crippen LogP contribution in [0.1, 0.15) is 24.8 Å². The molecule has 17 heavy (non-hydrogen) atoms. The van der Waals surface area contributed by atoms with Crippen LogP contribution in [-0.2, 0) is 5.67 Å². The van der Waals surface area contributed by atoms with Crippen LogP contribution in [0.2, 0.25) is 5.02 Å². The maximum Gasteiger partial charge on any atom is 0.140 e. The summed E-state index contributed by atoms with van der Waals surface area (Å²) in [4.78, 5) is 0. The molecule has 0 bridgehead atoms. The van der Waals surface area contributed by atoms with Crippen molar-refractivity contribution in [1.82, 2.24) is 5.32 Å². The summed E-state index contributed by atoms with van der Waals surface area (Å²) < 4.78 is 20.3. The molecular weight excluding hydrogens is 241 g/mol. The predicted molar refractivity (Wildman–Crippen MR) is 67.5 cm³/mol. The summed E-state index contributed by atoms with van der Waals surface area (Å²) in [7, 11) is 1.56. The first-order valence-corrected chi connectivity index (χ1v) is 6.27. The van der Waals surface area contributed by atoms with Gasteiger partial charge in [-0.1, -0.05) is 11.6 Å². The van der Waals surface area contributed by atoms with Gasteiger partial charge in [-0.05, 0) is 50.6 Å². The lowest BCUT2D eigenvalue weighted by Crippen LogP contribution is -2.23. The second-order valence-electron chi connectivity index (χ2n) is 4.41. The highest BCUT2D eigenvalue weighted by atomic mass is 35.5. The van der Waals surface area contributed by atoms with E-state index in [1.54, 1.807) is 25.3 Å². The molecule has 94 valence electrons. The van der Waals surface area contributed by atoms with Crippen LogP contribution >= 0.6 is 11.6 Å². The number of hydrogen-bond donors (Lipinski definition) is 1. The first-order valence-electron chi connectivity index (χ1n) is 5.89. The average molecular weight is 258 g/mol. The Morgan fingerprint density at radius 2 is 2.18 bits per heavy atom. The number of alkyl halides is 1. The third kappa shape index (κ3) is 2.72. The van der Waals surface area contributed by atoms with Gasteiger partial charge in [0.05, 0.1) is 7.11 Å². The molecule has 0 spiro atoms. The second kappa shape index (κ2) is 5.23. The lowest BCUT2D eigenvalue weighted by molar-refractivity contribution is 0.140. The van der Waals surface area contributed by atoms with Crippen molar-refractivity contribution in [2.75, 3.05) is 20.2 Å². The molecule has 2 rings (SSSR count). The van der Waals surface area contributed by atoms with Crippen LogP contribution in [0.5, 0.6) is 5.75 Å². The first-order chi connectivity index (χ1) is 8.15. The van der Waals surface area contributed by atoms with E-state index in [1.807, 2.05) is 0 Å². The molecule has 0 aliphatic carbocycles. The number of methoxy groups -OCH3 is 1. The standard InChI is InChI=1S/C13H17ClFNO/c1-17-12-4-3-10(14)9-11(12)13(15)5-2-7-16-8-6-13/h3-4,9,16H,2,5-8H2,1H3. The fraction of sp³-hybridized carbons (Fsp3) is 0.538. The molecule has 1 saturated heterocycles. The van der Waals surface area contributed by atoms with E-state index in [4.69, 9.17) is 16.3 Å². The third-order valence-corrected chi connectivity index (χ3v) is 3.50. The lowest BCUT2D eigenvalue weighted by atomic mass is 9.88. The molecule has 1 fully saturated rings. The number of halogens is 2. The number of ether oxygens (including phenoxy) is 1. The molecule has 1 aliphatic rings. The first kappa shape index (κ1) is 12.7. The predicted octanol–water partition coefficient (Wildman–Crippen LogP) is 3.29. The number of hydrogen-bond acceptors (Lipinski definition) is 2. The molecule has 2 nitrogen and oxygen atoms in total. The summed E-state index contributed by atoms with van der Waals surface area (Å²) >= 11 is 5.96. The molecule has 1 unspecified atom stereocenters. The van der Waals surface area contributed by atoms with Gasteiger partial charge in [0.2, 0.25) is 0 Å². The normalized spacial score (nSPS) is 25.4. The van der Waals surface area contributed by atoms with E-state index in [1.165, 1.54) is 0 Å². The molecule has 1 aliphatic heterocycles. The van der Waals surface area contributed by atoms with Crippen molar-refractivity contribution in [3.8, 4) is 5.75 Å². The molecule has 1 N–H and O–H groups in total. The van der Waals surface area contributed by atoms with E-state index in [9.17, 15) is 0 Å². The number of benzene rings is 1. The van der Waals surface area contributed by atoms with Crippen molar-refractivity contribution < 1.29 is 9.13 Å². The van der Waals surface area contributed by atoms with Gasteiger partial charge >= 0.3 is 0 Å². The quantitative estimate of drug-likeness (QED) is 0.878. The van der Waals surface area contributed by atoms with Crippen LogP contribution < -0.4 is 10.1 Å². The zero-order valence-corrected chi connectivity index (χ0v) is 10.7. The number of nitrogens with one attached hydrogen (secondary N) is 1. The Kier molecular flexibility index (Phi) is 3.89. The highest BCUT2D eigenvalue weighted by Gasteiger charge is 2.35. The van der Waals surface area contributed by atoms with E-state index in [0.717, 1.165) is 13.0 Å². The van der Waals surface area contributed by atoms with Crippen LogP contribution in [0.4, 0.5) is 4.39 Å². The Morgan fingerprint density at radius 3 is 2.94 bits per heavy atom. The largest absolute Gasteiger partial charge is 0.496 e. The average Bonchev–Trinajstić information content (AvgIpc) is 2.55. The van der Waals surface area contributed by atoms with Gasteiger partial charge in [0.25, 0.3) is 0 Å². The Morgan fingerprint density at radius 1 is 1.35 bits per heavy atom. The van der Waals surface area contributed by atoms with Gasteiger partial charge in [-0.15, -0.1) is 0 Å². The van der Waals surface area contributed by atoms with E-state index < -0.39 is 5.67 Å². The summed E-state index contributed by atoms with van der Waals surface area (Å²) in [6.07, 6.45) is 1.80. The van der Waals surface area contributed by atoms with Gasteiger partial charge in [0, 0.05) is 10.6 Å². The van der Waals surface area contributed by atoms with E-state index in [2.05, 4.69) is 5.32 Å². The minimum Gasteiger partial charge on any atom is -0.496 e. The molecule has 0 radical (unpaired) electrons. The molecule has 0 saturated carbocycles. The maximum absolute atomic E-state index is 15.0. The monoisotopic (exact) mass is 257 g/mol. The Bertz CT molecular complexity index is 389. The molecule has 1 heterocycles.